The topological polar surface area (TPSA) is 87.7 Å². The van der Waals surface area contributed by atoms with Crippen LogP contribution in [0.25, 0.3) is 11.5 Å². The van der Waals surface area contributed by atoms with Gasteiger partial charge in [0.1, 0.15) is 11.5 Å². The summed E-state index contributed by atoms with van der Waals surface area (Å²) in [5, 5.41) is 0. The number of benzene rings is 1. The molecule has 1 saturated heterocycles. The molecule has 1 aliphatic heterocycles. The van der Waals surface area contributed by atoms with E-state index in [9.17, 15) is 9.18 Å². The number of carbonyl (C=O) groups excluding carboxylic acids is 1. The summed E-state index contributed by atoms with van der Waals surface area (Å²) in [5.41, 5.74) is 5.11. The van der Waals surface area contributed by atoms with Crippen LogP contribution in [0.2, 0.25) is 0 Å². The highest BCUT2D eigenvalue weighted by Gasteiger charge is 2.24. The maximum Gasteiger partial charge on any atom is 0.255 e. The highest BCUT2D eigenvalue weighted by atomic mass is 19.1. The zero-order valence-electron chi connectivity index (χ0n) is 19.6. The van der Waals surface area contributed by atoms with E-state index in [0.717, 1.165) is 53.4 Å². The second-order valence-corrected chi connectivity index (χ2v) is 9.09. The molecule has 1 aliphatic rings. The lowest BCUT2D eigenvalue weighted by molar-refractivity contribution is 0.0689. The van der Waals surface area contributed by atoms with Crippen LogP contribution < -0.4 is 0 Å². The summed E-state index contributed by atoms with van der Waals surface area (Å²) in [6.07, 6.45) is 10.3. The van der Waals surface area contributed by atoms with E-state index < -0.39 is 0 Å². The third-order valence-electron chi connectivity index (χ3n) is 6.40. The van der Waals surface area contributed by atoms with Crippen molar-refractivity contribution in [3.8, 4) is 11.5 Å². The van der Waals surface area contributed by atoms with Crippen LogP contribution in [0.15, 0.2) is 61.2 Å². The standard InChI is InChI=1S/C27H27FN6O/c1-18-14-31-26(32-18)25-17-29-16-24(33-25)13-20-8-10-34(11-9-20)27(35)21-4-7-23(30-15-21)12-19-2-5-22(28)6-3-19/h2-7,14-17,20H,8-13H2,1H3,(H,31,32). The molecule has 1 amide bonds. The van der Waals surface area contributed by atoms with E-state index in [1.54, 1.807) is 30.7 Å². The van der Waals surface area contributed by atoms with Gasteiger partial charge < -0.3 is 9.88 Å². The molecule has 1 aromatic carbocycles. The Labute approximate surface area is 203 Å². The largest absolute Gasteiger partial charge is 0.341 e. The smallest absolute Gasteiger partial charge is 0.255 e. The van der Waals surface area contributed by atoms with Gasteiger partial charge in [-0.15, -0.1) is 0 Å². The zero-order chi connectivity index (χ0) is 24.2. The molecule has 0 atom stereocenters. The fourth-order valence-electron chi connectivity index (χ4n) is 4.45. The number of likely N-dealkylation sites (tertiary alicyclic amines) is 1. The van der Waals surface area contributed by atoms with Crippen LogP contribution in [0.1, 0.15) is 45.8 Å². The molecule has 0 aliphatic carbocycles. The maximum absolute atomic E-state index is 13.1. The molecule has 7 nitrogen and oxygen atoms in total. The van der Waals surface area contributed by atoms with E-state index in [-0.39, 0.29) is 11.7 Å². The monoisotopic (exact) mass is 470 g/mol. The van der Waals surface area contributed by atoms with Crippen molar-refractivity contribution in [2.24, 2.45) is 5.92 Å². The second kappa shape index (κ2) is 10.1. The third-order valence-corrected chi connectivity index (χ3v) is 6.40. The third kappa shape index (κ3) is 5.59. The van der Waals surface area contributed by atoms with Crippen LogP contribution in [-0.2, 0) is 12.8 Å². The lowest BCUT2D eigenvalue weighted by atomic mass is 9.92. The number of hydrogen-bond acceptors (Lipinski definition) is 5. The Kier molecular flexibility index (Phi) is 6.61. The Morgan fingerprint density at radius 2 is 1.80 bits per heavy atom. The fraction of sp³-hybridized carbons (Fsp3) is 0.296. The first-order valence-corrected chi connectivity index (χ1v) is 11.8. The first-order chi connectivity index (χ1) is 17.0. The number of nitrogens with one attached hydrogen (secondary N) is 1. The molecule has 0 bridgehead atoms. The van der Waals surface area contributed by atoms with Gasteiger partial charge in [0.2, 0.25) is 0 Å². The minimum absolute atomic E-state index is 0.0132. The van der Waals surface area contributed by atoms with Gasteiger partial charge in [0.05, 0.1) is 17.5 Å². The Hall–Kier alpha value is -3.94. The number of nitrogens with zero attached hydrogens (tertiary/aromatic N) is 5. The molecular formula is C27H27FN6O. The molecule has 0 unspecified atom stereocenters. The average Bonchev–Trinajstić information content (AvgIpc) is 3.32. The van der Waals surface area contributed by atoms with Crippen LogP contribution >= 0.6 is 0 Å². The summed E-state index contributed by atoms with van der Waals surface area (Å²) in [6.45, 7) is 3.39. The molecule has 1 fully saturated rings. The molecule has 0 radical (unpaired) electrons. The van der Waals surface area contributed by atoms with E-state index >= 15 is 0 Å². The van der Waals surface area contributed by atoms with Gasteiger partial charge in [-0.2, -0.15) is 0 Å². The van der Waals surface area contributed by atoms with Crippen LogP contribution in [-0.4, -0.2) is 48.8 Å². The van der Waals surface area contributed by atoms with Gasteiger partial charge in [-0.1, -0.05) is 12.1 Å². The molecule has 8 heteroatoms. The number of rotatable bonds is 6. The Morgan fingerprint density at radius 1 is 1.00 bits per heavy atom. The SMILES string of the molecule is Cc1cnc(-c2cncc(CC3CCN(C(=O)c4ccc(Cc5ccc(F)cc5)nc4)CC3)n2)[nH]1. The molecule has 35 heavy (non-hydrogen) atoms. The minimum Gasteiger partial charge on any atom is -0.341 e. The lowest BCUT2D eigenvalue weighted by Crippen LogP contribution is -2.39. The van der Waals surface area contributed by atoms with Crippen molar-refractivity contribution < 1.29 is 9.18 Å². The number of halogens is 1. The fourth-order valence-corrected chi connectivity index (χ4v) is 4.45. The molecule has 4 aromatic rings. The van der Waals surface area contributed by atoms with Crippen LogP contribution in [0.3, 0.4) is 0 Å². The Balaban J connectivity index is 1.14. The summed E-state index contributed by atoms with van der Waals surface area (Å²) in [5.74, 6) is 0.948. The van der Waals surface area contributed by atoms with Crippen molar-refractivity contribution in [3.05, 3.63) is 95.2 Å². The zero-order valence-corrected chi connectivity index (χ0v) is 19.6. The second-order valence-electron chi connectivity index (χ2n) is 9.09. The summed E-state index contributed by atoms with van der Waals surface area (Å²) >= 11 is 0. The van der Waals surface area contributed by atoms with Crippen LogP contribution in [0.5, 0.6) is 0 Å². The highest BCUT2D eigenvalue weighted by Crippen LogP contribution is 2.23. The van der Waals surface area contributed by atoms with E-state index in [1.165, 1.54) is 12.1 Å². The summed E-state index contributed by atoms with van der Waals surface area (Å²) in [6, 6.07) is 10.1. The Morgan fingerprint density at radius 3 is 2.49 bits per heavy atom. The average molecular weight is 471 g/mol. The van der Waals surface area contributed by atoms with Crippen molar-refractivity contribution >= 4 is 5.91 Å². The molecule has 178 valence electrons. The summed E-state index contributed by atoms with van der Waals surface area (Å²) < 4.78 is 13.1. The quantitative estimate of drug-likeness (QED) is 0.451. The molecule has 4 heterocycles. The molecule has 1 N–H and O–H groups in total. The molecule has 5 rings (SSSR count). The van der Waals surface area contributed by atoms with Crippen molar-refractivity contribution in [3.63, 3.8) is 0 Å². The van der Waals surface area contributed by atoms with E-state index in [1.807, 2.05) is 30.2 Å². The molecule has 0 spiro atoms. The normalized spacial score (nSPS) is 14.3. The minimum atomic E-state index is -0.253. The number of H-pyrrole nitrogens is 1. The summed E-state index contributed by atoms with van der Waals surface area (Å²) in [7, 11) is 0. The Bertz CT molecular complexity index is 1290. The number of imidazole rings is 1. The van der Waals surface area contributed by atoms with Crippen molar-refractivity contribution in [1.82, 2.24) is 29.8 Å². The van der Waals surface area contributed by atoms with Gasteiger partial charge in [0.25, 0.3) is 5.91 Å². The first-order valence-electron chi connectivity index (χ1n) is 11.8. The predicted molar refractivity (Wildman–Crippen MR) is 130 cm³/mol. The first kappa shape index (κ1) is 22.8. The number of aromatic amines is 1. The number of piperidine rings is 1. The maximum atomic E-state index is 13.1. The molecule has 3 aromatic heterocycles. The van der Waals surface area contributed by atoms with E-state index in [0.29, 0.717) is 31.0 Å². The number of hydrogen-bond donors (Lipinski definition) is 1. The number of pyridine rings is 1. The van der Waals surface area contributed by atoms with Gasteiger partial charge in [-0.3, -0.25) is 14.8 Å². The number of aromatic nitrogens is 5. The van der Waals surface area contributed by atoms with Gasteiger partial charge in [-0.05, 0) is 61.9 Å². The van der Waals surface area contributed by atoms with Crippen LogP contribution in [0, 0.1) is 18.7 Å². The van der Waals surface area contributed by atoms with Gasteiger partial charge in [-0.25, -0.2) is 14.4 Å². The molecular weight excluding hydrogens is 443 g/mol. The number of carbonyl (C=O) groups is 1. The van der Waals surface area contributed by atoms with Crippen molar-refractivity contribution in [2.45, 2.75) is 32.6 Å². The number of amides is 1. The van der Waals surface area contributed by atoms with Crippen molar-refractivity contribution in [1.29, 1.82) is 0 Å². The van der Waals surface area contributed by atoms with Gasteiger partial charge >= 0.3 is 0 Å². The highest BCUT2D eigenvalue weighted by molar-refractivity contribution is 5.94. The summed E-state index contributed by atoms with van der Waals surface area (Å²) in [4.78, 5) is 36.0. The predicted octanol–water partition coefficient (Wildman–Crippen LogP) is 4.39. The van der Waals surface area contributed by atoms with E-state index in [4.69, 9.17) is 4.98 Å². The number of aryl methyl sites for hydroxylation is 1. The van der Waals surface area contributed by atoms with Crippen LogP contribution in [0.4, 0.5) is 4.39 Å². The lowest BCUT2D eigenvalue weighted by Gasteiger charge is -2.32. The molecule has 0 saturated carbocycles. The van der Waals surface area contributed by atoms with Crippen molar-refractivity contribution in [2.75, 3.05) is 13.1 Å². The van der Waals surface area contributed by atoms with E-state index in [2.05, 4.69) is 19.9 Å². The van der Waals surface area contributed by atoms with Gasteiger partial charge in [0, 0.05) is 49.5 Å². The van der Waals surface area contributed by atoms with Gasteiger partial charge in [0.15, 0.2) is 5.82 Å².